The average Bonchev–Trinajstić information content (AvgIpc) is 2.82. The topological polar surface area (TPSA) is 144 Å². The number of carbonyl (C=O) groups is 5. The van der Waals surface area contributed by atoms with Crippen LogP contribution in [0.5, 0.6) is 0 Å². The van der Waals surface area contributed by atoms with E-state index in [9.17, 15) is 24.0 Å². The molecule has 0 aromatic carbocycles. The Bertz CT molecular complexity index is 1090. The Labute approximate surface area is 221 Å². The standard InChI is InChI=1S/C26H34N4O6S/c1-15(2)22-25(34)30-23(16(3)4)26(35)36-19(10-6-7-12-37-17(5)31)13-21(32)27-14-18-9-8-11-20(28-18)24(33)29-22/h6,8-11,16,19,23H,7,12-14H2,1-5H3,(H,27,32)(H,29,33)(H,30,34)/b10-6+/t19-,23+/m1/s1. The minimum Gasteiger partial charge on any atom is -0.456 e. The van der Waals surface area contributed by atoms with Crippen LogP contribution in [0.2, 0.25) is 0 Å². The fourth-order valence-corrected chi connectivity index (χ4v) is 3.88. The summed E-state index contributed by atoms with van der Waals surface area (Å²) < 4.78 is 5.64. The number of allylic oxidation sites excluding steroid dienone is 2. The van der Waals surface area contributed by atoms with E-state index in [-0.39, 0.29) is 41.3 Å². The second kappa shape index (κ2) is 14.3. The molecule has 1 aromatic heterocycles. The normalized spacial score (nSPS) is 19.8. The summed E-state index contributed by atoms with van der Waals surface area (Å²) in [5.74, 6) is -2.11. The molecule has 1 aliphatic heterocycles. The van der Waals surface area contributed by atoms with Crippen LogP contribution in [0.4, 0.5) is 0 Å². The Hall–Kier alpha value is -3.47. The first-order valence-electron chi connectivity index (χ1n) is 12.0. The van der Waals surface area contributed by atoms with E-state index >= 15 is 0 Å². The van der Waals surface area contributed by atoms with Crippen molar-refractivity contribution < 1.29 is 28.7 Å². The van der Waals surface area contributed by atoms with Crippen LogP contribution in [0, 0.1) is 5.92 Å². The van der Waals surface area contributed by atoms with Gasteiger partial charge in [-0.05, 0) is 50.0 Å². The van der Waals surface area contributed by atoms with Crippen LogP contribution in [-0.4, -0.2) is 51.7 Å². The van der Waals surface area contributed by atoms with Crippen molar-refractivity contribution in [2.24, 2.45) is 5.92 Å². The number of ether oxygens (including phenoxy) is 1. The lowest BCUT2D eigenvalue weighted by molar-refractivity contribution is -0.153. The molecule has 3 N–H and O–H groups in total. The maximum atomic E-state index is 13.1. The highest BCUT2D eigenvalue weighted by molar-refractivity contribution is 8.13. The lowest BCUT2D eigenvalue weighted by atomic mass is 10.0. The highest BCUT2D eigenvalue weighted by Gasteiger charge is 2.30. The van der Waals surface area contributed by atoms with E-state index in [0.29, 0.717) is 23.4 Å². The quantitative estimate of drug-likeness (QED) is 0.228. The van der Waals surface area contributed by atoms with Crippen molar-refractivity contribution in [1.82, 2.24) is 20.9 Å². The largest absolute Gasteiger partial charge is 0.456 e. The number of thioether (sulfide) groups is 1. The molecule has 2 rings (SSSR count). The van der Waals surface area contributed by atoms with Crippen LogP contribution in [0.25, 0.3) is 0 Å². The van der Waals surface area contributed by atoms with Crippen LogP contribution in [0.15, 0.2) is 41.6 Å². The molecule has 37 heavy (non-hydrogen) atoms. The van der Waals surface area contributed by atoms with Gasteiger partial charge in [0.05, 0.1) is 18.7 Å². The van der Waals surface area contributed by atoms with Crippen LogP contribution < -0.4 is 16.0 Å². The van der Waals surface area contributed by atoms with E-state index in [4.69, 9.17) is 4.74 Å². The summed E-state index contributed by atoms with van der Waals surface area (Å²) >= 11 is 1.18. The Kier molecular flexibility index (Phi) is 11.5. The van der Waals surface area contributed by atoms with E-state index in [2.05, 4.69) is 20.9 Å². The zero-order chi connectivity index (χ0) is 27.5. The van der Waals surface area contributed by atoms with Gasteiger partial charge in [-0.3, -0.25) is 19.2 Å². The molecule has 0 fully saturated rings. The van der Waals surface area contributed by atoms with Crippen LogP contribution in [-0.2, 0) is 30.5 Å². The van der Waals surface area contributed by atoms with Gasteiger partial charge in [0.25, 0.3) is 11.8 Å². The molecule has 1 aromatic rings. The number of nitrogens with zero attached hydrogens (tertiary/aromatic N) is 1. The first-order valence-corrected chi connectivity index (χ1v) is 13.0. The number of aromatic nitrogens is 1. The number of esters is 1. The van der Waals surface area contributed by atoms with Crippen molar-refractivity contribution in [2.45, 2.75) is 66.2 Å². The van der Waals surface area contributed by atoms with Crippen molar-refractivity contribution in [3.05, 3.63) is 53.0 Å². The zero-order valence-electron chi connectivity index (χ0n) is 21.8. The van der Waals surface area contributed by atoms with Gasteiger partial charge >= 0.3 is 5.97 Å². The van der Waals surface area contributed by atoms with Crippen molar-refractivity contribution in [3.63, 3.8) is 0 Å². The van der Waals surface area contributed by atoms with Crippen molar-refractivity contribution in [2.75, 3.05) is 5.75 Å². The predicted octanol–water partition coefficient (Wildman–Crippen LogP) is 2.40. The smallest absolute Gasteiger partial charge is 0.329 e. The monoisotopic (exact) mass is 530 g/mol. The molecule has 2 heterocycles. The summed E-state index contributed by atoms with van der Waals surface area (Å²) in [4.78, 5) is 67.1. The molecule has 11 heteroatoms. The molecule has 0 spiro atoms. The number of hydrogen-bond donors (Lipinski definition) is 3. The van der Waals surface area contributed by atoms with E-state index < -0.39 is 29.9 Å². The fraction of sp³-hybridized carbons (Fsp3) is 0.462. The Morgan fingerprint density at radius 3 is 2.54 bits per heavy atom. The molecule has 1 aliphatic rings. The first-order chi connectivity index (χ1) is 17.5. The molecule has 2 bridgehead atoms. The molecule has 0 saturated carbocycles. The summed E-state index contributed by atoms with van der Waals surface area (Å²) in [5, 5.41) is 7.98. The number of nitrogens with one attached hydrogen (secondary N) is 3. The van der Waals surface area contributed by atoms with Gasteiger partial charge in [-0.15, -0.1) is 0 Å². The number of rotatable bonds is 5. The zero-order valence-corrected chi connectivity index (χ0v) is 22.6. The van der Waals surface area contributed by atoms with Gasteiger partial charge in [-0.25, -0.2) is 9.78 Å². The minimum absolute atomic E-state index is 0.00374. The third-order valence-corrected chi connectivity index (χ3v) is 6.12. The van der Waals surface area contributed by atoms with E-state index in [1.54, 1.807) is 52.0 Å². The Balaban J connectivity index is 2.38. The molecule has 0 saturated heterocycles. The average molecular weight is 531 g/mol. The second-order valence-electron chi connectivity index (χ2n) is 9.05. The molecule has 0 radical (unpaired) electrons. The van der Waals surface area contributed by atoms with Gasteiger partial charge in [0.2, 0.25) is 5.91 Å². The molecular weight excluding hydrogens is 496 g/mol. The molecule has 3 amide bonds. The first kappa shape index (κ1) is 29.8. The minimum atomic E-state index is -1.03. The van der Waals surface area contributed by atoms with Gasteiger partial charge in [0.1, 0.15) is 23.5 Å². The molecule has 2 atom stereocenters. The number of fused-ring (bicyclic) bond motifs is 2. The third-order valence-electron chi connectivity index (χ3n) is 5.27. The number of carbonyl (C=O) groups excluding carboxylic acids is 5. The summed E-state index contributed by atoms with van der Waals surface area (Å²) in [6, 6.07) is 3.77. The van der Waals surface area contributed by atoms with Gasteiger partial charge < -0.3 is 20.7 Å². The summed E-state index contributed by atoms with van der Waals surface area (Å²) in [7, 11) is 0. The van der Waals surface area contributed by atoms with Crippen LogP contribution in [0.1, 0.15) is 63.6 Å². The molecule has 0 aliphatic carbocycles. The lowest BCUT2D eigenvalue weighted by Crippen LogP contribution is -2.49. The van der Waals surface area contributed by atoms with E-state index in [1.165, 1.54) is 24.8 Å². The fourth-order valence-electron chi connectivity index (χ4n) is 3.34. The lowest BCUT2D eigenvalue weighted by Gasteiger charge is -2.24. The molecule has 10 nitrogen and oxygen atoms in total. The molecule has 0 unspecified atom stereocenters. The maximum Gasteiger partial charge on any atom is 0.329 e. The second-order valence-corrected chi connectivity index (χ2v) is 10.3. The summed E-state index contributed by atoms with van der Waals surface area (Å²) in [5.41, 5.74) is 1.07. The van der Waals surface area contributed by atoms with Gasteiger partial charge in [-0.1, -0.05) is 37.8 Å². The SMILES string of the molecule is CC(=O)SCC/C=C/[C@@H]1CC(=O)NCc2cccc(n2)C(=O)NC(=C(C)C)C(=O)N[C@@H](C(C)C)C(=O)O1. The van der Waals surface area contributed by atoms with Gasteiger partial charge in [0, 0.05) is 12.7 Å². The summed E-state index contributed by atoms with van der Waals surface area (Å²) in [6.45, 7) is 8.37. The van der Waals surface area contributed by atoms with E-state index in [1.807, 2.05) is 0 Å². The Morgan fingerprint density at radius 1 is 1.16 bits per heavy atom. The van der Waals surface area contributed by atoms with E-state index in [0.717, 1.165) is 0 Å². The Morgan fingerprint density at radius 2 is 1.89 bits per heavy atom. The van der Waals surface area contributed by atoms with Gasteiger partial charge in [-0.2, -0.15) is 0 Å². The predicted molar refractivity (Wildman–Crippen MR) is 140 cm³/mol. The van der Waals surface area contributed by atoms with Crippen molar-refractivity contribution >= 4 is 40.6 Å². The highest BCUT2D eigenvalue weighted by atomic mass is 32.2. The van der Waals surface area contributed by atoms with Crippen LogP contribution in [0.3, 0.4) is 0 Å². The highest BCUT2D eigenvalue weighted by Crippen LogP contribution is 2.13. The molecule has 200 valence electrons. The molecular formula is C26H34N4O6S. The summed E-state index contributed by atoms with van der Waals surface area (Å²) in [6.07, 6.45) is 2.87. The number of cyclic esters (lactones) is 1. The van der Waals surface area contributed by atoms with Crippen LogP contribution >= 0.6 is 11.8 Å². The van der Waals surface area contributed by atoms with Crippen molar-refractivity contribution in [1.29, 1.82) is 0 Å². The van der Waals surface area contributed by atoms with Crippen molar-refractivity contribution in [3.8, 4) is 0 Å². The third kappa shape index (κ3) is 9.83. The number of pyridine rings is 1. The van der Waals surface area contributed by atoms with Gasteiger partial charge in [0.15, 0.2) is 5.12 Å². The number of amides is 3. The maximum absolute atomic E-state index is 13.1. The number of hydrogen-bond acceptors (Lipinski definition) is 8.